The Kier molecular flexibility index (Phi) is 1.38. The number of carbonyl (C=O) groups excluding carboxylic acids is 1. The first kappa shape index (κ1) is 7.02. The summed E-state index contributed by atoms with van der Waals surface area (Å²) in [6.07, 6.45) is -3.35. The van der Waals surface area contributed by atoms with Crippen LogP contribution >= 0.6 is 0 Å². The minimum absolute atomic E-state index is 0.125. The van der Waals surface area contributed by atoms with Crippen molar-refractivity contribution in [1.82, 2.24) is 0 Å². The van der Waals surface area contributed by atoms with Gasteiger partial charge < -0.3 is 19.7 Å². The summed E-state index contributed by atoms with van der Waals surface area (Å²) < 4.78 is 9.57. The minimum Gasteiger partial charge on any atom is -0.455 e. The molecule has 0 aromatic rings. The molecule has 2 aliphatic rings. The molecule has 2 N–H and O–H groups in total. The molecule has 5 nitrogen and oxygen atoms in total. The van der Waals surface area contributed by atoms with Crippen molar-refractivity contribution in [3.8, 4) is 0 Å². The number of fused-ring (bicyclic) bond motifs is 1. The van der Waals surface area contributed by atoms with Gasteiger partial charge in [-0.3, -0.25) is 0 Å². The van der Waals surface area contributed by atoms with Crippen LogP contribution in [0.5, 0.6) is 0 Å². The van der Waals surface area contributed by atoms with Crippen molar-refractivity contribution in [1.29, 1.82) is 0 Å². The first-order valence-electron chi connectivity index (χ1n) is 3.38. The van der Waals surface area contributed by atoms with E-state index in [1.54, 1.807) is 0 Å². The normalized spacial score (nSPS) is 49.1. The van der Waals surface area contributed by atoms with E-state index < -0.39 is 30.4 Å². The van der Waals surface area contributed by atoms with E-state index in [2.05, 4.69) is 4.74 Å². The summed E-state index contributed by atoms with van der Waals surface area (Å²) in [5.74, 6) is -0.709. The van der Waals surface area contributed by atoms with Gasteiger partial charge in [0.1, 0.15) is 12.2 Å². The molecule has 0 amide bonds. The minimum atomic E-state index is -1.22. The Morgan fingerprint density at radius 3 is 2.73 bits per heavy atom. The molecule has 2 aliphatic heterocycles. The van der Waals surface area contributed by atoms with E-state index in [4.69, 9.17) is 14.9 Å². The molecule has 0 aromatic carbocycles. The Bertz CT molecular complexity index is 191. The number of hydrogen-bond donors (Lipinski definition) is 2. The molecular weight excluding hydrogens is 152 g/mol. The number of esters is 1. The molecule has 4 atom stereocenters. The molecular formula is C6H8O5. The van der Waals surface area contributed by atoms with Gasteiger partial charge in [0.2, 0.25) is 0 Å². The maximum absolute atomic E-state index is 10.7. The molecule has 11 heavy (non-hydrogen) atoms. The molecule has 0 spiro atoms. The maximum atomic E-state index is 10.7. The fraction of sp³-hybridized carbons (Fsp3) is 0.833. The largest absolute Gasteiger partial charge is 0.455 e. The molecule has 2 saturated heterocycles. The highest BCUT2D eigenvalue weighted by Crippen LogP contribution is 2.27. The Morgan fingerprint density at radius 2 is 2.09 bits per heavy atom. The molecule has 0 aromatic heterocycles. The van der Waals surface area contributed by atoms with Crippen molar-refractivity contribution in [2.45, 2.75) is 24.4 Å². The smallest absolute Gasteiger partial charge is 0.338 e. The van der Waals surface area contributed by atoms with Crippen molar-refractivity contribution in [2.24, 2.45) is 0 Å². The first-order chi connectivity index (χ1) is 5.20. The topological polar surface area (TPSA) is 76.0 Å². The van der Waals surface area contributed by atoms with E-state index in [1.165, 1.54) is 0 Å². The third kappa shape index (κ3) is 0.852. The molecule has 2 heterocycles. The Labute approximate surface area is 62.5 Å². The van der Waals surface area contributed by atoms with Crippen LogP contribution in [-0.2, 0) is 14.3 Å². The summed E-state index contributed by atoms with van der Waals surface area (Å²) in [5.41, 5.74) is 0. The van der Waals surface area contributed by atoms with Crippen molar-refractivity contribution in [3.05, 3.63) is 0 Å². The highest BCUT2D eigenvalue weighted by atomic mass is 16.6. The Balaban J connectivity index is 2.18. The van der Waals surface area contributed by atoms with E-state index in [0.29, 0.717) is 0 Å². The van der Waals surface area contributed by atoms with Crippen LogP contribution in [-0.4, -0.2) is 47.2 Å². The average Bonchev–Trinajstić information content (AvgIpc) is 2.43. The summed E-state index contributed by atoms with van der Waals surface area (Å²) in [7, 11) is 0. The molecule has 2 rings (SSSR count). The molecule has 0 unspecified atom stereocenters. The summed E-state index contributed by atoms with van der Waals surface area (Å²) in [6, 6.07) is 0. The Morgan fingerprint density at radius 1 is 1.36 bits per heavy atom. The van der Waals surface area contributed by atoms with Crippen LogP contribution in [0.15, 0.2) is 0 Å². The second-order valence-corrected chi connectivity index (χ2v) is 2.71. The molecule has 62 valence electrons. The molecule has 0 radical (unpaired) electrons. The summed E-state index contributed by atoms with van der Waals surface area (Å²) in [6.45, 7) is 0.125. The fourth-order valence-corrected chi connectivity index (χ4v) is 1.37. The lowest BCUT2D eigenvalue weighted by atomic mass is 10.1. The van der Waals surface area contributed by atoms with Gasteiger partial charge in [-0.15, -0.1) is 0 Å². The SMILES string of the molecule is O=C1O[C@H]2[C@H](OC[C@@H]2O)[C@H]1O. The summed E-state index contributed by atoms with van der Waals surface area (Å²) >= 11 is 0. The predicted octanol–water partition coefficient (Wildman–Crippen LogP) is -1.97. The van der Waals surface area contributed by atoms with E-state index in [-0.39, 0.29) is 6.61 Å². The molecule has 0 aliphatic carbocycles. The van der Waals surface area contributed by atoms with Crippen LogP contribution in [0.25, 0.3) is 0 Å². The van der Waals surface area contributed by atoms with Crippen molar-refractivity contribution < 1.29 is 24.5 Å². The number of hydrogen-bond acceptors (Lipinski definition) is 5. The quantitative estimate of drug-likeness (QED) is 0.402. The third-order valence-electron chi connectivity index (χ3n) is 1.97. The van der Waals surface area contributed by atoms with Crippen LogP contribution in [0.1, 0.15) is 0 Å². The van der Waals surface area contributed by atoms with Gasteiger partial charge in [0, 0.05) is 0 Å². The van der Waals surface area contributed by atoms with Crippen molar-refractivity contribution >= 4 is 5.97 Å². The highest BCUT2D eigenvalue weighted by molar-refractivity contribution is 5.78. The number of ether oxygens (including phenoxy) is 2. The fourth-order valence-electron chi connectivity index (χ4n) is 1.37. The van der Waals surface area contributed by atoms with Crippen LogP contribution in [0.3, 0.4) is 0 Å². The van der Waals surface area contributed by atoms with Crippen LogP contribution in [0.2, 0.25) is 0 Å². The second kappa shape index (κ2) is 2.17. The first-order valence-corrected chi connectivity index (χ1v) is 3.38. The van der Waals surface area contributed by atoms with Crippen LogP contribution < -0.4 is 0 Å². The van der Waals surface area contributed by atoms with Crippen molar-refractivity contribution in [2.75, 3.05) is 6.61 Å². The number of aliphatic hydroxyl groups excluding tert-OH is 2. The third-order valence-corrected chi connectivity index (χ3v) is 1.97. The molecule has 0 saturated carbocycles. The van der Waals surface area contributed by atoms with Crippen LogP contribution in [0.4, 0.5) is 0 Å². The number of carbonyl (C=O) groups is 1. The van der Waals surface area contributed by atoms with Gasteiger partial charge in [-0.25, -0.2) is 4.79 Å². The number of aliphatic hydroxyl groups is 2. The summed E-state index contributed by atoms with van der Waals surface area (Å²) in [5, 5.41) is 18.2. The van der Waals surface area contributed by atoms with E-state index in [0.717, 1.165) is 0 Å². The van der Waals surface area contributed by atoms with Gasteiger partial charge >= 0.3 is 5.97 Å². The zero-order valence-electron chi connectivity index (χ0n) is 5.64. The lowest BCUT2D eigenvalue weighted by Crippen LogP contribution is -2.31. The standard InChI is InChI=1S/C6H8O5/c7-2-1-10-5-3(8)6(9)11-4(2)5/h2-5,7-8H,1H2/t2-,3+,4+,5+/m0/s1. The van der Waals surface area contributed by atoms with E-state index in [9.17, 15) is 4.79 Å². The predicted molar refractivity (Wildman–Crippen MR) is 31.6 cm³/mol. The Hall–Kier alpha value is -0.650. The monoisotopic (exact) mass is 160 g/mol. The highest BCUT2D eigenvalue weighted by Gasteiger charge is 2.52. The summed E-state index contributed by atoms with van der Waals surface area (Å²) in [4.78, 5) is 10.7. The zero-order valence-corrected chi connectivity index (χ0v) is 5.64. The van der Waals surface area contributed by atoms with Gasteiger partial charge in [-0.05, 0) is 0 Å². The molecule has 0 bridgehead atoms. The van der Waals surface area contributed by atoms with Crippen LogP contribution in [0, 0.1) is 0 Å². The maximum Gasteiger partial charge on any atom is 0.338 e. The van der Waals surface area contributed by atoms with Gasteiger partial charge in [0.05, 0.1) is 6.61 Å². The second-order valence-electron chi connectivity index (χ2n) is 2.71. The van der Waals surface area contributed by atoms with Gasteiger partial charge in [0.15, 0.2) is 12.2 Å². The van der Waals surface area contributed by atoms with Gasteiger partial charge in [-0.2, -0.15) is 0 Å². The lowest BCUT2D eigenvalue weighted by Gasteiger charge is -2.07. The number of rotatable bonds is 0. The lowest BCUT2D eigenvalue weighted by molar-refractivity contribution is -0.151. The zero-order chi connectivity index (χ0) is 8.01. The average molecular weight is 160 g/mol. The molecule has 5 heteroatoms. The van der Waals surface area contributed by atoms with Gasteiger partial charge in [-0.1, -0.05) is 0 Å². The van der Waals surface area contributed by atoms with Gasteiger partial charge in [0.25, 0.3) is 0 Å². The van der Waals surface area contributed by atoms with E-state index in [1.807, 2.05) is 0 Å². The van der Waals surface area contributed by atoms with E-state index >= 15 is 0 Å². The molecule has 2 fully saturated rings. The van der Waals surface area contributed by atoms with Crippen molar-refractivity contribution in [3.63, 3.8) is 0 Å².